The van der Waals surface area contributed by atoms with E-state index in [2.05, 4.69) is 29.3 Å². The number of aryl methyl sites for hydroxylation is 3. The summed E-state index contributed by atoms with van der Waals surface area (Å²) in [4.78, 5) is 20.1. The van der Waals surface area contributed by atoms with E-state index in [0.29, 0.717) is 12.8 Å². The number of ether oxygens (including phenoxy) is 1. The van der Waals surface area contributed by atoms with E-state index < -0.39 is 0 Å². The zero-order valence-corrected chi connectivity index (χ0v) is 21.3. The predicted molar refractivity (Wildman–Crippen MR) is 143 cm³/mol. The van der Waals surface area contributed by atoms with Gasteiger partial charge in [0, 0.05) is 42.8 Å². The summed E-state index contributed by atoms with van der Waals surface area (Å²) in [5, 5.41) is 8.88. The molecule has 0 radical (unpaired) electrons. The highest BCUT2D eigenvalue weighted by atomic mass is 16.5. The van der Waals surface area contributed by atoms with Crippen molar-refractivity contribution in [2.24, 2.45) is 0 Å². The van der Waals surface area contributed by atoms with Crippen molar-refractivity contribution in [1.29, 1.82) is 0 Å². The standard InChI is InChI=1S/C29H33N5O2/c1-20-26(21(2)30-29-28(20)22(3)32-34(29)25-7-5-4-6-8-25)13-14-27(35)31-24-11-9-23(10-12-24)19-33-15-17-36-18-16-33/h4-12H,13-19H2,1-3H3,(H,31,35). The molecular weight excluding hydrogens is 450 g/mol. The van der Waals surface area contributed by atoms with Crippen LogP contribution in [-0.2, 0) is 22.5 Å². The van der Waals surface area contributed by atoms with Gasteiger partial charge in [-0.2, -0.15) is 5.10 Å². The number of para-hydroxylation sites is 1. The Bertz CT molecular complexity index is 1360. The minimum Gasteiger partial charge on any atom is -0.379 e. The quantitative estimate of drug-likeness (QED) is 0.411. The molecule has 186 valence electrons. The first kappa shape index (κ1) is 24.2. The molecule has 0 spiro atoms. The molecule has 0 atom stereocenters. The number of nitrogens with zero attached hydrogens (tertiary/aromatic N) is 4. The van der Waals surface area contributed by atoms with Gasteiger partial charge in [0.1, 0.15) is 0 Å². The van der Waals surface area contributed by atoms with E-state index in [9.17, 15) is 4.79 Å². The van der Waals surface area contributed by atoms with Crippen molar-refractivity contribution in [3.63, 3.8) is 0 Å². The first-order chi connectivity index (χ1) is 17.5. The molecule has 2 aromatic carbocycles. The molecule has 4 aromatic rings. The second kappa shape index (κ2) is 10.6. The van der Waals surface area contributed by atoms with Gasteiger partial charge in [0.05, 0.1) is 24.6 Å². The molecule has 1 saturated heterocycles. The first-order valence-electron chi connectivity index (χ1n) is 12.6. The molecule has 3 heterocycles. The van der Waals surface area contributed by atoms with Gasteiger partial charge < -0.3 is 10.1 Å². The lowest BCUT2D eigenvalue weighted by molar-refractivity contribution is -0.116. The van der Waals surface area contributed by atoms with Gasteiger partial charge in [0.2, 0.25) is 5.91 Å². The maximum absolute atomic E-state index is 12.8. The molecule has 1 fully saturated rings. The zero-order valence-electron chi connectivity index (χ0n) is 21.3. The minimum atomic E-state index is 0.00605. The number of nitrogens with one attached hydrogen (secondary N) is 1. The second-order valence-corrected chi connectivity index (χ2v) is 9.47. The lowest BCUT2D eigenvalue weighted by Crippen LogP contribution is -2.35. The lowest BCUT2D eigenvalue weighted by Gasteiger charge is -2.26. The number of rotatable bonds is 7. The molecule has 1 aliphatic heterocycles. The number of fused-ring (bicyclic) bond motifs is 1. The summed E-state index contributed by atoms with van der Waals surface area (Å²) in [5.74, 6) is 0.00605. The Balaban J connectivity index is 1.25. The fraction of sp³-hybridized carbons (Fsp3) is 0.345. The highest BCUT2D eigenvalue weighted by Crippen LogP contribution is 2.28. The molecule has 0 unspecified atom stereocenters. The monoisotopic (exact) mass is 483 g/mol. The van der Waals surface area contributed by atoms with Crippen LogP contribution in [0.25, 0.3) is 16.7 Å². The fourth-order valence-electron chi connectivity index (χ4n) is 5.00. The number of hydrogen-bond acceptors (Lipinski definition) is 5. The number of pyridine rings is 1. The van der Waals surface area contributed by atoms with E-state index in [-0.39, 0.29) is 5.91 Å². The smallest absolute Gasteiger partial charge is 0.224 e. The van der Waals surface area contributed by atoms with Crippen LogP contribution in [0.3, 0.4) is 0 Å². The van der Waals surface area contributed by atoms with Crippen LogP contribution in [0, 0.1) is 20.8 Å². The van der Waals surface area contributed by atoms with Crippen LogP contribution < -0.4 is 5.32 Å². The average molecular weight is 484 g/mol. The van der Waals surface area contributed by atoms with E-state index in [1.165, 1.54) is 5.56 Å². The number of morpholine rings is 1. The average Bonchev–Trinajstić information content (AvgIpc) is 3.22. The van der Waals surface area contributed by atoms with E-state index >= 15 is 0 Å². The Hall–Kier alpha value is -3.55. The Labute approximate surface area is 212 Å². The van der Waals surface area contributed by atoms with E-state index in [4.69, 9.17) is 14.8 Å². The van der Waals surface area contributed by atoms with Crippen LogP contribution in [-0.4, -0.2) is 51.9 Å². The number of aromatic nitrogens is 3. The SMILES string of the molecule is Cc1nc2c(c(C)nn2-c2ccccc2)c(C)c1CCC(=O)Nc1ccc(CN2CCOCC2)cc1. The topological polar surface area (TPSA) is 72.3 Å². The number of carbonyl (C=O) groups is 1. The normalized spacial score (nSPS) is 14.3. The lowest BCUT2D eigenvalue weighted by atomic mass is 9.99. The van der Waals surface area contributed by atoms with Crippen molar-refractivity contribution in [2.45, 2.75) is 40.2 Å². The van der Waals surface area contributed by atoms with E-state index in [1.807, 2.05) is 61.0 Å². The maximum Gasteiger partial charge on any atom is 0.224 e. The first-order valence-corrected chi connectivity index (χ1v) is 12.6. The molecule has 0 bridgehead atoms. The van der Waals surface area contributed by atoms with Crippen LogP contribution in [0.2, 0.25) is 0 Å². The van der Waals surface area contributed by atoms with E-state index in [1.54, 1.807) is 0 Å². The van der Waals surface area contributed by atoms with Crippen LogP contribution in [0.1, 0.15) is 34.5 Å². The summed E-state index contributed by atoms with van der Waals surface area (Å²) in [6, 6.07) is 18.2. The molecule has 0 aliphatic carbocycles. The summed E-state index contributed by atoms with van der Waals surface area (Å²) < 4.78 is 7.33. The Kier molecular flexibility index (Phi) is 7.11. The molecule has 7 heteroatoms. The number of benzene rings is 2. The van der Waals surface area contributed by atoms with Crippen LogP contribution in [0.4, 0.5) is 5.69 Å². The molecule has 7 nitrogen and oxygen atoms in total. The van der Waals surface area contributed by atoms with Gasteiger partial charge in [0.15, 0.2) is 5.65 Å². The van der Waals surface area contributed by atoms with Gasteiger partial charge in [-0.1, -0.05) is 30.3 Å². The molecule has 5 rings (SSSR count). The van der Waals surface area contributed by atoms with Crippen molar-refractivity contribution < 1.29 is 9.53 Å². The largest absolute Gasteiger partial charge is 0.379 e. The number of carbonyl (C=O) groups excluding carboxylic acids is 1. The third-order valence-electron chi connectivity index (χ3n) is 6.92. The third kappa shape index (κ3) is 5.17. The molecule has 36 heavy (non-hydrogen) atoms. The van der Waals surface area contributed by atoms with Gasteiger partial charge in [-0.15, -0.1) is 0 Å². The summed E-state index contributed by atoms with van der Waals surface area (Å²) in [5.41, 5.74) is 8.08. The third-order valence-corrected chi connectivity index (χ3v) is 6.92. The molecule has 1 aliphatic rings. The molecule has 1 amide bonds. The number of hydrogen-bond donors (Lipinski definition) is 1. The van der Waals surface area contributed by atoms with E-state index in [0.717, 1.165) is 77.8 Å². The van der Waals surface area contributed by atoms with Crippen molar-refractivity contribution in [1.82, 2.24) is 19.7 Å². The van der Waals surface area contributed by atoms with Crippen molar-refractivity contribution in [3.05, 3.63) is 82.7 Å². The van der Waals surface area contributed by atoms with Gasteiger partial charge in [-0.3, -0.25) is 9.69 Å². The molecule has 1 N–H and O–H groups in total. The van der Waals surface area contributed by atoms with Crippen LogP contribution >= 0.6 is 0 Å². The van der Waals surface area contributed by atoms with Gasteiger partial charge in [-0.05, 0) is 68.1 Å². The Morgan fingerprint density at radius 2 is 1.69 bits per heavy atom. The maximum atomic E-state index is 12.8. The number of anilines is 1. The molecular formula is C29H33N5O2. The van der Waals surface area contributed by atoms with Gasteiger partial charge in [0.25, 0.3) is 0 Å². The Morgan fingerprint density at radius 3 is 2.42 bits per heavy atom. The van der Waals surface area contributed by atoms with Gasteiger partial charge in [-0.25, -0.2) is 9.67 Å². The highest BCUT2D eigenvalue weighted by molar-refractivity contribution is 5.91. The highest BCUT2D eigenvalue weighted by Gasteiger charge is 2.18. The van der Waals surface area contributed by atoms with Crippen molar-refractivity contribution in [3.8, 4) is 5.69 Å². The summed E-state index contributed by atoms with van der Waals surface area (Å²) in [7, 11) is 0. The summed E-state index contributed by atoms with van der Waals surface area (Å²) >= 11 is 0. The minimum absolute atomic E-state index is 0.00605. The zero-order chi connectivity index (χ0) is 25.1. The Morgan fingerprint density at radius 1 is 0.972 bits per heavy atom. The van der Waals surface area contributed by atoms with Crippen molar-refractivity contribution >= 4 is 22.6 Å². The fourth-order valence-corrected chi connectivity index (χ4v) is 5.00. The van der Waals surface area contributed by atoms with Gasteiger partial charge >= 0.3 is 0 Å². The van der Waals surface area contributed by atoms with Crippen LogP contribution in [0.5, 0.6) is 0 Å². The predicted octanol–water partition coefficient (Wildman–Crippen LogP) is 4.75. The molecule has 2 aromatic heterocycles. The second-order valence-electron chi connectivity index (χ2n) is 9.47. The number of amides is 1. The molecule has 0 saturated carbocycles. The van der Waals surface area contributed by atoms with Crippen molar-refractivity contribution in [2.75, 3.05) is 31.6 Å². The summed E-state index contributed by atoms with van der Waals surface area (Å²) in [6.45, 7) is 10.6. The summed E-state index contributed by atoms with van der Waals surface area (Å²) in [6.07, 6.45) is 1.04. The van der Waals surface area contributed by atoms with Crippen LogP contribution in [0.15, 0.2) is 54.6 Å².